The van der Waals surface area contributed by atoms with Crippen molar-refractivity contribution >= 4 is 0 Å². The molecule has 1 fully saturated rings. The lowest BCUT2D eigenvalue weighted by Crippen LogP contribution is -2.34. The van der Waals surface area contributed by atoms with Crippen molar-refractivity contribution in [3.8, 4) is 11.8 Å². The molecule has 1 aromatic rings. The normalized spacial score (nSPS) is 22.4. The van der Waals surface area contributed by atoms with Crippen LogP contribution in [0.15, 0.2) is 24.3 Å². The Morgan fingerprint density at radius 1 is 1.38 bits per heavy atom. The molecule has 1 saturated heterocycles. The van der Waals surface area contributed by atoms with Crippen LogP contribution >= 0.6 is 0 Å². The Kier molecular flexibility index (Phi) is 5.60. The highest BCUT2D eigenvalue weighted by atomic mass is 16.5. The summed E-state index contributed by atoms with van der Waals surface area (Å²) < 4.78 is 5.72. The minimum Gasteiger partial charge on any atom is -0.494 e. The van der Waals surface area contributed by atoms with Crippen molar-refractivity contribution in [2.75, 3.05) is 40.3 Å². The highest BCUT2D eigenvalue weighted by Gasteiger charge is 2.30. The first-order valence-corrected chi connectivity index (χ1v) is 7.62. The first-order chi connectivity index (χ1) is 10.1. The third-order valence-corrected chi connectivity index (χ3v) is 4.16. The molecule has 1 heterocycles. The molecule has 0 N–H and O–H groups in total. The molecular weight excluding hydrogens is 262 g/mol. The fourth-order valence-corrected chi connectivity index (χ4v) is 3.04. The molecule has 4 heteroatoms. The molecule has 2 atom stereocenters. The number of hydrogen-bond acceptors (Lipinski definition) is 4. The predicted octanol–water partition coefficient (Wildman–Crippen LogP) is 2.21. The molecule has 0 spiro atoms. The number of rotatable bonds is 6. The topological polar surface area (TPSA) is 39.5 Å². The Morgan fingerprint density at radius 2 is 2.19 bits per heavy atom. The molecule has 0 amide bonds. The molecular formula is C17H25N3O. The lowest BCUT2D eigenvalue weighted by molar-refractivity contribution is 0.238. The van der Waals surface area contributed by atoms with Gasteiger partial charge in [-0.1, -0.05) is 13.0 Å². The zero-order valence-electron chi connectivity index (χ0n) is 13.2. The standard InChI is InChI=1S/C17H25N3O/c1-14-12-20(13-17(14)19(2)3)8-5-9-21-16-7-4-6-15(10-16)11-18/h4,6-7,10,14,17H,5,8-9,12-13H2,1-3H3. The van der Waals surface area contributed by atoms with E-state index in [4.69, 9.17) is 10.00 Å². The predicted molar refractivity (Wildman–Crippen MR) is 84.3 cm³/mol. The second kappa shape index (κ2) is 7.44. The first-order valence-electron chi connectivity index (χ1n) is 7.62. The summed E-state index contributed by atoms with van der Waals surface area (Å²) in [5.74, 6) is 1.52. The molecule has 114 valence electrons. The Morgan fingerprint density at radius 3 is 2.86 bits per heavy atom. The number of nitriles is 1. The highest BCUT2D eigenvalue weighted by Crippen LogP contribution is 2.20. The van der Waals surface area contributed by atoms with Gasteiger partial charge in [-0.3, -0.25) is 0 Å². The van der Waals surface area contributed by atoms with Gasteiger partial charge in [0.15, 0.2) is 0 Å². The summed E-state index contributed by atoms with van der Waals surface area (Å²) in [5.41, 5.74) is 0.648. The van der Waals surface area contributed by atoms with Crippen LogP contribution in [0.3, 0.4) is 0 Å². The van der Waals surface area contributed by atoms with Gasteiger partial charge in [0.1, 0.15) is 5.75 Å². The monoisotopic (exact) mass is 287 g/mol. The molecule has 0 aliphatic carbocycles. The molecule has 4 nitrogen and oxygen atoms in total. The minimum absolute atomic E-state index is 0.648. The van der Waals surface area contributed by atoms with E-state index in [0.717, 1.165) is 31.2 Å². The van der Waals surface area contributed by atoms with E-state index in [9.17, 15) is 0 Å². The van der Waals surface area contributed by atoms with E-state index in [2.05, 4.69) is 36.9 Å². The van der Waals surface area contributed by atoms with E-state index >= 15 is 0 Å². The number of nitrogens with zero attached hydrogens (tertiary/aromatic N) is 3. The van der Waals surface area contributed by atoms with Gasteiger partial charge >= 0.3 is 0 Å². The van der Waals surface area contributed by atoms with Crippen molar-refractivity contribution in [3.63, 3.8) is 0 Å². The van der Waals surface area contributed by atoms with E-state index in [1.54, 1.807) is 12.1 Å². The number of ether oxygens (including phenoxy) is 1. The molecule has 1 aliphatic heterocycles. The van der Waals surface area contributed by atoms with Crippen LogP contribution in [0.1, 0.15) is 18.9 Å². The number of hydrogen-bond donors (Lipinski definition) is 0. The summed E-state index contributed by atoms with van der Waals surface area (Å²) in [6.45, 7) is 6.43. The van der Waals surface area contributed by atoms with Gasteiger partial charge in [0.2, 0.25) is 0 Å². The maximum Gasteiger partial charge on any atom is 0.120 e. The van der Waals surface area contributed by atoms with Crippen LogP contribution in [0, 0.1) is 17.2 Å². The summed E-state index contributed by atoms with van der Waals surface area (Å²) in [6, 6.07) is 10.1. The van der Waals surface area contributed by atoms with Gasteiger partial charge in [0, 0.05) is 25.7 Å². The third-order valence-electron chi connectivity index (χ3n) is 4.16. The summed E-state index contributed by atoms with van der Waals surface area (Å²) in [6.07, 6.45) is 1.02. The average Bonchev–Trinajstić information content (AvgIpc) is 2.85. The Labute approximate surface area is 127 Å². The van der Waals surface area contributed by atoms with E-state index < -0.39 is 0 Å². The van der Waals surface area contributed by atoms with E-state index in [0.29, 0.717) is 18.2 Å². The summed E-state index contributed by atoms with van der Waals surface area (Å²) in [7, 11) is 4.33. The quantitative estimate of drug-likeness (QED) is 0.752. The van der Waals surface area contributed by atoms with Crippen molar-refractivity contribution < 1.29 is 4.74 Å². The molecule has 1 aromatic carbocycles. The minimum atomic E-state index is 0.648. The van der Waals surface area contributed by atoms with E-state index in [1.807, 2.05) is 12.1 Å². The lowest BCUT2D eigenvalue weighted by atomic mass is 10.1. The van der Waals surface area contributed by atoms with Crippen molar-refractivity contribution in [3.05, 3.63) is 29.8 Å². The van der Waals surface area contributed by atoms with Gasteiger partial charge < -0.3 is 14.5 Å². The van der Waals surface area contributed by atoms with Gasteiger partial charge in [0.25, 0.3) is 0 Å². The SMILES string of the molecule is CC1CN(CCCOc2cccc(C#N)c2)CC1N(C)C. The molecule has 1 aliphatic rings. The smallest absolute Gasteiger partial charge is 0.120 e. The van der Waals surface area contributed by atoms with E-state index in [-0.39, 0.29) is 0 Å². The summed E-state index contributed by atoms with van der Waals surface area (Å²) in [4.78, 5) is 4.85. The fraction of sp³-hybridized carbons (Fsp3) is 0.588. The highest BCUT2D eigenvalue weighted by molar-refractivity contribution is 5.36. The molecule has 2 rings (SSSR count). The molecule has 0 aromatic heterocycles. The second-order valence-corrected chi connectivity index (χ2v) is 6.11. The Hall–Kier alpha value is -1.57. The van der Waals surface area contributed by atoms with Gasteiger partial charge in [-0.05, 0) is 44.6 Å². The molecule has 0 bridgehead atoms. The lowest BCUT2D eigenvalue weighted by Gasteiger charge is -2.22. The summed E-state index contributed by atoms with van der Waals surface area (Å²) >= 11 is 0. The number of likely N-dealkylation sites (N-methyl/N-ethyl adjacent to an activating group) is 1. The summed E-state index contributed by atoms with van der Waals surface area (Å²) in [5, 5.41) is 8.86. The van der Waals surface area contributed by atoms with Crippen LogP contribution < -0.4 is 4.74 Å². The zero-order chi connectivity index (χ0) is 15.2. The van der Waals surface area contributed by atoms with Crippen LogP contribution in [-0.4, -0.2) is 56.2 Å². The fourth-order valence-electron chi connectivity index (χ4n) is 3.04. The molecule has 2 unspecified atom stereocenters. The van der Waals surface area contributed by atoms with Crippen LogP contribution in [0.25, 0.3) is 0 Å². The molecule has 0 saturated carbocycles. The van der Waals surface area contributed by atoms with Gasteiger partial charge in [-0.15, -0.1) is 0 Å². The van der Waals surface area contributed by atoms with Crippen LogP contribution in [0.4, 0.5) is 0 Å². The van der Waals surface area contributed by atoms with Crippen molar-refractivity contribution in [1.82, 2.24) is 9.80 Å². The van der Waals surface area contributed by atoms with Crippen molar-refractivity contribution in [1.29, 1.82) is 5.26 Å². The number of benzene rings is 1. The second-order valence-electron chi connectivity index (χ2n) is 6.11. The van der Waals surface area contributed by atoms with Crippen molar-refractivity contribution in [2.24, 2.45) is 5.92 Å². The van der Waals surface area contributed by atoms with Crippen LogP contribution in [-0.2, 0) is 0 Å². The van der Waals surface area contributed by atoms with Gasteiger partial charge in [0.05, 0.1) is 18.2 Å². The van der Waals surface area contributed by atoms with E-state index in [1.165, 1.54) is 6.54 Å². The molecule has 21 heavy (non-hydrogen) atoms. The van der Waals surface area contributed by atoms with Gasteiger partial charge in [-0.25, -0.2) is 0 Å². The Bertz CT molecular complexity index is 495. The van der Waals surface area contributed by atoms with Crippen LogP contribution in [0.2, 0.25) is 0 Å². The third kappa shape index (κ3) is 4.45. The maximum atomic E-state index is 8.86. The number of likely N-dealkylation sites (tertiary alicyclic amines) is 1. The van der Waals surface area contributed by atoms with Crippen LogP contribution in [0.5, 0.6) is 5.75 Å². The average molecular weight is 287 g/mol. The van der Waals surface area contributed by atoms with Gasteiger partial charge in [-0.2, -0.15) is 5.26 Å². The Balaban J connectivity index is 1.70. The largest absolute Gasteiger partial charge is 0.494 e. The maximum absolute atomic E-state index is 8.86. The molecule has 0 radical (unpaired) electrons. The van der Waals surface area contributed by atoms with Crippen molar-refractivity contribution in [2.45, 2.75) is 19.4 Å². The first kappa shape index (κ1) is 15.8. The zero-order valence-corrected chi connectivity index (χ0v) is 13.2.